The number of carbonyl (C=O) groups is 1. The average molecular weight is 531 g/mol. The molecule has 1 saturated heterocycles. The first-order chi connectivity index (χ1) is 18.2. The third-order valence-electron chi connectivity index (χ3n) is 6.16. The molecule has 1 aliphatic rings. The molecular formula is C27H26F4N4O3. The van der Waals surface area contributed by atoms with Crippen LogP contribution in [0.5, 0.6) is 5.75 Å². The van der Waals surface area contributed by atoms with Crippen LogP contribution in [0.1, 0.15) is 22.5 Å². The van der Waals surface area contributed by atoms with Gasteiger partial charge in [0.05, 0.1) is 41.8 Å². The molecule has 7 nitrogen and oxygen atoms in total. The second-order valence-corrected chi connectivity index (χ2v) is 8.77. The summed E-state index contributed by atoms with van der Waals surface area (Å²) < 4.78 is 60.8. The Labute approximate surface area is 216 Å². The first-order valence-electron chi connectivity index (χ1n) is 11.9. The van der Waals surface area contributed by atoms with Crippen LogP contribution in [0, 0.1) is 17.8 Å². The van der Waals surface area contributed by atoms with Crippen LogP contribution in [0.15, 0.2) is 47.5 Å². The van der Waals surface area contributed by atoms with Crippen molar-refractivity contribution in [1.29, 1.82) is 0 Å². The van der Waals surface area contributed by atoms with Gasteiger partial charge in [0.25, 0.3) is 0 Å². The number of methoxy groups -OCH3 is 1. The highest BCUT2D eigenvalue weighted by molar-refractivity contribution is 5.94. The highest BCUT2D eigenvalue weighted by Crippen LogP contribution is 2.32. The molecule has 0 unspecified atom stereocenters. The highest BCUT2D eigenvalue weighted by atomic mass is 19.4. The number of alkyl halides is 4. The van der Waals surface area contributed by atoms with Crippen LogP contribution in [0.4, 0.5) is 28.9 Å². The van der Waals surface area contributed by atoms with Gasteiger partial charge in [-0.3, -0.25) is 4.99 Å². The lowest BCUT2D eigenvalue weighted by Gasteiger charge is -2.23. The lowest BCUT2D eigenvalue weighted by molar-refractivity contribution is -0.140. The predicted octanol–water partition coefficient (Wildman–Crippen LogP) is 5.02. The summed E-state index contributed by atoms with van der Waals surface area (Å²) in [6.45, 7) is -0.250. The lowest BCUT2D eigenvalue weighted by Crippen LogP contribution is -2.38. The van der Waals surface area contributed by atoms with Crippen LogP contribution in [-0.2, 0) is 6.54 Å². The second kappa shape index (κ2) is 11.6. The number of aromatic nitrogens is 1. The van der Waals surface area contributed by atoms with Crippen molar-refractivity contribution in [2.24, 2.45) is 10.9 Å². The Bertz CT molecular complexity index is 1410. The van der Waals surface area contributed by atoms with Gasteiger partial charge in [-0.2, -0.15) is 13.2 Å². The largest absolute Gasteiger partial charge is 0.495 e. The van der Waals surface area contributed by atoms with E-state index in [4.69, 9.17) is 9.84 Å². The summed E-state index contributed by atoms with van der Waals surface area (Å²) in [4.78, 5) is 15.6. The summed E-state index contributed by atoms with van der Waals surface area (Å²) in [5, 5.41) is 15.6. The van der Waals surface area contributed by atoms with Crippen molar-refractivity contribution < 1.29 is 32.2 Å². The molecule has 3 N–H and O–H groups in total. The van der Waals surface area contributed by atoms with E-state index in [1.54, 1.807) is 30.5 Å². The van der Waals surface area contributed by atoms with Gasteiger partial charge in [0.15, 0.2) is 0 Å². The zero-order valence-electron chi connectivity index (χ0n) is 20.5. The molecule has 0 saturated carbocycles. The van der Waals surface area contributed by atoms with E-state index in [0.29, 0.717) is 41.0 Å². The first-order valence-corrected chi connectivity index (χ1v) is 11.9. The van der Waals surface area contributed by atoms with Crippen LogP contribution < -0.4 is 15.4 Å². The molecule has 2 heterocycles. The maximum absolute atomic E-state index is 14.2. The van der Waals surface area contributed by atoms with E-state index in [2.05, 4.69) is 27.5 Å². The fraction of sp³-hybridized carbons (Fsp3) is 0.333. The molecule has 0 bridgehead atoms. The maximum atomic E-state index is 14.2. The topological polar surface area (TPSA) is 87.9 Å². The molecule has 1 fully saturated rings. The number of carboxylic acid groups (broad SMARTS) is 1. The van der Waals surface area contributed by atoms with Crippen molar-refractivity contribution in [3.8, 4) is 17.6 Å². The monoisotopic (exact) mass is 530 g/mol. The van der Waals surface area contributed by atoms with Crippen molar-refractivity contribution >= 4 is 34.5 Å². The number of nitrogens with zero attached hydrogens (tertiary/aromatic N) is 2. The Kier molecular flexibility index (Phi) is 8.22. The normalized spacial score (nSPS) is 17.8. The third kappa shape index (κ3) is 6.44. The highest BCUT2D eigenvalue weighted by Gasteiger charge is 2.30. The number of nitrogens with one attached hydrogen (secondary N) is 2. The summed E-state index contributed by atoms with van der Waals surface area (Å²) in [7, 11) is 1.40. The summed E-state index contributed by atoms with van der Waals surface area (Å²) >= 11 is 0. The zero-order chi connectivity index (χ0) is 27.3. The van der Waals surface area contributed by atoms with E-state index in [1.165, 1.54) is 25.3 Å². The predicted molar refractivity (Wildman–Crippen MR) is 137 cm³/mol. The molecule has 38 heavy (non-hydrogen) atoms. The minimum Gasteiger partial charge on any atom is -0.495 e. The number of rotatable bonds is 7. The molecule has 2 atom stereocenters. The summed E-state index contributed by atoms with van der Waals surface area (Å²) in [5.41, 5.74) is 1.46. The van der Waals surface area contributed by atoms with Crippen LogP contribution >= 0.6 is 0 Å². The van der Waals surface area contributed by atoms with E-state index in [0.717, 1.165) is 4.57 Å². The molecule has 1 aromatic heterocycles. The first kappa shape index (κ1) is 27.0. The number of fused-ring (bicyclic) bond motifs is 1. The Morgan fingerprint density at radius 1 is 1.32 bits per heavy atom. The summed E-state index contributed by atoms with van der Waals surface area (Å²) in [6, 6.07) is 10.7. The van der Waals surface area contributed by atoms with E-state index >= 15 is 0 Å². The average Bonchev–Trinajstić information content (AvgIpc) is 3.22. The molecule has 0 aliphatic carbocycles. The van der Waals surface area contributed by atoms with Gasteiger partial charge in [0, 0.05) is 24.1 Å². The van der Waals surface area contributed by atoms with Crippen LogP contribution in [0.25, 0.3) is 10.9 Å². The van der Waals surface area contributed by atoms with Gasteiger partial charge in [-0.15, -0.1) is 0 Å². The fourth-order valence-electron chi connectivity index (χ4n) is 4.26. The Morgan fingerprint density at radius 2 is 2.13 bits per heavy atom. The van der Waals surface area contributed by atoms with E-state index in [-0.39, 0.29) is 30.3 Å². The van der Waals surface area contributed by atoms with Crippen LogP contribution in [0.2, 0.25) is 0 Å². The number of hydrogen-bond acceptors (Lipinski definition) is 5. The second-order valence-electron chi connectivity index (χ2n) is 8.77. The quantitative estimate of drug-likeness (QED) is 0.227. The van der Waals surface area contributed by atoms with Gasteiger partial charge in [-0.1, -0.05) is 12.0 Å². The van der Waals surface area contributed by atoms with Gasteiger partial charge < -0.3 is 25.0 Å². The Hall–Kier alpha value is -4.04. The molecule has 0 radical (unpaired) electrons. The number of halogens is 4. The molecule has 1 aliphatic heterocycles. The summed E-state index contributed by atoms with van der Waals surface area (Å²) in [5.74, 6) is 4.45. The van der Waals surface area contributed by atoms with Crippen LogP contribution in [-0.4, -0.2) is 60.9 Å². The molecule has 0 amide bonds. The van der Waals surface area contributed by atoms with Gasteiger partial charge in [-0.25, -0.2) is 9.18 Å². The number of benzene rings is 2. The molecule has 11 heteroatoms. The SMILES string of the molecule is COc1cc(C(=O)O)ccc1NCC#Cc1cc2c(N=C[C@H]3CCNC[C@H]3F)cccc2n1CC(F)(F)F. The molecular weight excluding hydrogens is 504 g/mol. The van der Waals surface area contributed by atoms with Crippen molar-refractivity contribution in [2.75, 3.05) is 32.1 Å². The number of aliphatic imine (C=N–C) groups is 1. The minimum atomic E-state index is -4.48. The number of hydrogen-bond donors (Lipinski definition) is 3. The smallest absolute Gasteiger partial charge is 0.406 e. The molecule has 4 rings (SSSR count). The Balaban J connectivity index is 1.61. The zero-order valence-corrected chi connectivity index (χ0v) is 20.5. The van der Waals surface area contributed by atoms with Crippen molar-refractivity contribution in [2.45, 2.75) is 25.3 Å². The minimum absolute atomic E-state index is 0.0517. The molecule has 200 valence electrons. The van der Waals surface area contributed by atoms with Gasteiger partial charge in [0.1, 0.15) is 18.5 Å². The number of aromatic carboxylic acids is 1. The van der Waals surface area contributed by atoms with E-state index in [1.807, 2.05) is 0 Å². The number of ether oxygens (including phenoxy) is 1. The molecule has 2 aromatic carbocycles. The van der Waals surface area contributed by atoms with Gasteiger partial charge in [-0.05, 0) is 55.3 Å². The van der Waals surface area contributed by atoms with Crippen molar-refractivity contribution in [3.63, 3.8) is 0 Å². The fourth-order valence-corrected chi connectivity index (χ4v) is 4.26. The standard InChI is InChI=1S/C27H26F4N4O3/c1-38-25-12-17(26(36)37)7-8-23(25)33-10-3-4-19-13-20-22(34-14-18-9-11-32-15-21(18)28)5-2-6-24(20)35(19)16-27(29,30)31/h2,5-8,12-14,18,21,32-33H,9-11,15-16H2,1H3,(H,36,37)/t18-,21-/m1/s1. The van der Waals surface area contributed by atoms with E-state index < -0.39 is 24.9 Å². The number of piperidine rings is 1. The van der Waals surface area contributed by atoms with E-state index in [9.17, 15) is 22.4 Å². The molecule has 0 spiro atoms. The van der Waals surface area contributed by atoms with Crippen molar-refractivity contribution in [3.05, 3.63) is 53.7 Å². The van der Waals surface area contributed by atoms with Gasteiger partial charge >= 0.3 is 12.1 Å². The number of carboxylic acids is 1. The Morgan fingerprint density at radius 3 is 2.84 bits per heavy atom. The third-order valence-corrected chi connectivity index (χ3v) is 6.16. The van der Waals surface area contributed by atoms with Crippen LogP contribution in [0.3, 0.4) is 0 Å². The van der Waals surface area contributed by atoms with Crippen molar-refractivity contribution in [1.82, 2.24) is 9.88 Å². The van der Waals surface area contributed by atoms with Gasteiger partial charge in [0.2, 0.25) is 0 Å². The lowest BCUT2D eigenvalue weighted by atomic mass is 9.98. The molecule has 3 aromatic rings. The number of anilines is 1. The maximum Gasteiger partial charge on any atom is 0.406 e. The summed E-state index contributed by atoms with van der Waals surface area (Å²) in [6.07, 6.45) is -3.42.